The average Bonchev–Trinajstić information content (AvgIpc) is 2.34. The highest BCUT2D eigenvalue weighted by molar-refractivity contribution is 6.65. The summed E-state index contributed by atoms with van der Waals surface area (Å²) >= 11 is 0. The zero-order valence-corrected chi connectivity index (χ0v) is 14.2. The van der Waals surface area contributed by atoms with Gasteiger partial charge >= 0.3 is 5.97 Å². The molecule has 0 radical (unpaired) electrons. The Balaban J connectivity index is 3.29. The third kappa shape index (κ3) is 3.38. The summed E-state index contributed by atoms with van der Waals surface area (Å²) in [6, 6.07) is 5.79. The lowest BCUT2D eigenvalue weighted by atomic mass is 10.1. The van der Waals surface area contributed by atoms with E-state index in [0.29, 0.717) is 5.56 Å². The summed E-state index contributed by atoms with van der Waals surface area (Å²) in [6.45, 7) is 11.1. The Kier molecular flexibility index (Phi) is 4.79. The largest absolute Gasteiger partial charge is 0.465 e. The Bertz CT molecular complexity index is 466. The molecule has 0 N–H and O–H groups in total. The fourth-order valence-electron chi connectivity index (χ4n) is 2.18. The fraction of sp³-hybridized carbons (Fsp3) is 0.533. The highest BCUT2D eigenvalue weighted by Gasteiger charge is 2.29. The normalized spacial score (nSPS) is 13.0. The molecule has 0 saturated heterocycles. The molecule has 19 heavy (non-hydrogen) atoms. The van der Waals surface area contributed by atoms with Crippen molar-refractivity contribution in [3.05, 3.63) is 29.3 Å². The summed E-state index contributed by atoms with van der Waals surface area (Å²) < 4.78 is 7.20. The molecule has 0 aliphatic heterocycles. The first kappa shape index (κ1) is 15.8. The van der Waals surface area contributed by atoms with Gasteiger partial charge in [0.1, 0.15) is 8.96 Å². The molecule has 0 amide bonds. The van der Waals surface area contributed by atoms with Crippen molar-refractivity contribution in [2.75, 3.05) is 18.7 Å². The van der Waals surface area contributed by atoms with Crippen LogP contribution in [0.2, 0.25) is 11.6 Å². The molecular weight excluding hydrogens is 254 g/mol. The number of ether oxygens (including phenoxy) is 1. The molecular formula is C15H25NO2Si. The molecule has 0 spiro atoms. The third-order valence-electron chi connectivity index (χ3n) is 3.83. The SMILES string of the molecule is COC(=O)c1cccc(C)c1N(C)[SiH](C)C(C)(C)C. The van der Waals surface area contributed by atoms with Crippen LogP contribution in [-0.2, 0) is 4.74 Å². The number of rotatable bonds is 3. The minimum absolute atomic E-state index is 0.263. The summed E-state index contributed by atoms with van der Waals surface area (Å²) in [4.78, 5) is 11.9. The van der Waals surface area contributed by atoms with Crippen molar-refractivity contribution in [3.63, 3.8) is 0 Å². The Morgan fingerprint density at radius 2 is 1.89 bits per heavy atom. The molecule has 0 heterocycles. The van der Waals surface area contributed by atoms with Crippen LogP contribution in [0.15, 0.2) is 18.2 Å². The predicted molar refractivity (Wildman–Crippen MR) is 83.6 cm³/mol. The molecule has 1 atom stereocenters. The number of anilines is 1. The van der Waals surface area contributed by atoms with E-state index in [4.69, 9.17) is 4.74 Å². The first-order valence-electron chi connectivity index (χ1n) is 6.61. The van der Waals surface area contributed by atoms with Crippen molar-refractivity contribution in [1.29, 1.82) is 0 Å². The van der Waals surface area contributed by atoms with E-state index in [1.54, 1.807) is 0 Å². The lowest BCUT2D eigenvalue weighted by Gasteiger charge is -2.37. The maximum atomic E-state index is 11.9. The van der Waals surface area contributed by atoms with Crippen LogP contribution >= 0.6 is 0 Å². The van der Waals surface area contributed by atoms with E-state index in [-0.39, 0.29) is 11.0 Å². The van der Waals surface area contributed by atoms with Crippen LogP contribution in [-0.4, -0.2) is 29.1 Å². The zero-order valence-electron chi connectivity index (χ0n) is 13.1. The fourth-order valence-corrected chi connectivity index (χ4v) is 4.07. The highest BCUT2D eigenvalue weighted by Crippen LogP contribution is 2.34. The summed E-state index contributed by atoms with van der Waals surface area (Å²) in [5.41, 5.74) is 2.80. The number of hydrogen-bond acceptors (Lipinski definition) is 3. The molecule has 0 aliphatic rings. The topological polar surface area (TPSA) is 29.5 Å². The van der Waals surface area contributed by atoms with Crippen LogP contribution in [0.25, 0.3) is 0 Å². The summed E-state index contributed by atoms with van der Waals surface area (Å²) in [6.07, 6.45) is 0. The molecule has 4 heteroatoms. The van der Waals surface area contributed by atoms with Gasteiger partial charge in [-0.3, -0.25) is 0 Å². The van der Waals surface area contributed by atoms with Gasteiger partial charge < -0.3 is 9.30 Å². The second-order valence-corrected chi connectivity index (χ2v) is 9.97. The van der Waals surface area contributed by atoms with Crippen molar-refractivity contribution < 1.29 is 9.53 Å². The monoisotopic (exact) mass is 279 g/mol. The number of para-hydroxylation sites is 1. The van der Waals surface area contributed by atoms with Crippen LogP contribution in [0, 0.1) is 6.92 Å². The maximum absolute atomic E-state index is 11.9. The molecule has 1 unspecified atom stereocenters. The molecule has 0 fully saturated rings. The van der Waals surface area contributed by atoms with E-state index in [0.717, 1.165) is 11.3 Å². The molecule has 1 aromatic rings. The zero-order chi connectivity index (χ0) is 14.8. The molecule has 0 aliphatic carbocycles. The molecule has 0 saturated carbocycles. The Morgan fingerprint density at radius 1 is 1.32 bits per heavy atom. The summed E-state index contributed by atoms with van der Waals surface area (Å²) in [5.74, 6) is -0.263. The van der Waals surface area contributed by atoms with E-state index >= 15 is 0 Å². The van der Waals surface area contributed by atoms with Gasteiger partial charge in [-0.25, -0.2) is 4.79 Å². The van der Waals surface area contributed by atoms with Crippen LogP contribution in [0.1, 0.15) is 36.7 Å². The van der Waals surface area contributed by atoms with E-state index in [1.165, 1.54) is 7.11 Å². The average molecular weight is 279 g/mol. The van der Waals surface area contributed by atoms with E-state index in [2.05, 4.69) is 38.9 Å². The minimum atomic E-state index is -1.19. The quantitative estimate of drug-likeness (QED) is 0.627. The number of benzene rings is 1. The van der Waals surface area contributed by atoms with Crippen molar-refractivity contribution in [3.8, 4) is 0 Å². The van der Waals surface area contributed by atoms with Crippen LogP contribution < -0.4 is 4.57 Å². The second kappa shape index (κ2) is 5.78. The first-order valence-corrected chi connectivity index (χ1v) is 8.85. The third-order valence-corrected chi connectivity index (χ3v) is 7.76. The summed E-state index contributed by atoms with van der Waals surface area (Å²) in [5, 5.41) is 0.268. The van der Waals surface area contributed by atoms with Crippen molar-refractivity contribution in [1.82, 2.24) is 0 Å². The molecule has 1 rings (SSSR count). The van der Waals surface area contributed by atoms with Gasteiger partial charge in [-0.1, -0.05) is 39.5 Å². The van der Waals surface area contributed by atoms with Crippen molar-refractivity contribution in [2.24, 2.45) is 0 Å². The van der Waals surface area contributed by atoms with E-state index in [1.807, 2.05) is 25.1 Å². The number of hydrogen-bond donors (Lipinski definition) is 0. The Morgan fingerprint density at radius 3 is 2.37 bits per heavy atom. The number of methoxy groups -OCH3 is 1. The van der Waals surface area contributed by atoms with E-state index < -0.39 is 8.96 Å². The molecule has 1 aromatic carbocycles. The number of carbonyl (C=O) groups is 1. The van der Waals surface area contributed by atoms with Gasteiger partial charge in [0.2, 0.25) is 0 Å². The van der Waals surface area contributed by atoms with Crippen LogP contribution in [0.4, 0.5) is 5.69 Å². The summed E-state index contributed by atoms with van der Waals surface area (Å²) in [7, 11) is 2.33. The van der Waals surface area contributed by atoms with Gasteiger partial charge in [-0.15, -0.1) is 0 Å². The first-order chi connectivity index (χ1) is 8.70. The van der Waals surface area contributed by atoms with Gasteiger partial charge in [-0.2, -0.15) is 0 Å². The van der Waals surface area contributed by atoms with Crippen LogP contribution in [0.3, 0.4) is 0 Å². The highest BCUT2D eigenvalue weighted by atomic mass is 28.3. The van der Waals surface area contributed by atoms with Gasteiger partial charge in [-0.05, 0) is 30.6 Å². The van der Waals surface area contributed by atoms with Crippen molar-refractivity contribution >= 4 is 20.6 Å². The minimum Gasteiger partial charge on any atom is -0.465 e. The van der Waals surface area contributed by atoms with Gasteiger partial charge in [0.15, 0.2) is 0 Å². The lowest BCUT2D eigenvalue weighted by Crippen LogP contribution is -2.41. The predicted octanol–water partition coefficient (Wildman–Crippen LogP) is 3.37. The number of nitrogens with zero attached hydrogens (tertiary/aromatic N) is 1. The lowest BCUT2D eigenvalue weighted by molar-refractivity contribution is 0.0601. The Labute approximate surface area is 118 Å². The van der Waals surface area contributed by atoms with Crippen LogP contribution in [0.5, 0.6) is 0 Å². The molecule has 3 nitrogen and oxygen atoms in total. The van der Waals surface area contributed by atoms with Gasteiger partial charge in [0, 0.05) is 5.69 Å². The smallest absolute Gasteiger partial charge is 0.339 e. The molecule has 0 aromatic heterocycles. The van der Waals surface area contributed by atoms with Gasteiger partial charge in [0.25, 0.3) is 0 Å². The van der Waals surface area contributed by atoms with Gasteiger partial charge in [0.05, 0.1) is 12.7 Å². The van der Waals surface area contributed by atoms with E-state index in [9.17, 15) is 4.79 Å². The second-order valence-electron chi connectivity index (χ2n) is 6.12. The maximum Gasteiger partial charge on any atom is 0.339 e. The number of esters is 1. The molecule has 106 valence electrons. The Hall–Kier alpha value is -1.29. The molecule has 0 bridgehead atoms. The number of carbonyl (C=O) groups excluding carboxylic acids is 1. The standard InChI is InChI=1S/C15H25NO2Si/c1-11-9-8-10-12(14(17)18-6)13(11)16(5)19(7)15(2,3)4/h8-10,19H,1-7H3. The van der Waals surface area contributed by atoms with Crippen molar-refractivity contribution in [2.45, 2.75) is 39.3 Å². The number of aryl methyl sites for hydroxylation is 1.